The smallest absolute Gasteiger partial charge is 0.376 e. The lowest BCUT2D eigenvalue weighted by molar-refractivity contribution is -0.222. The maximum Gasteiger partial charge on any atom is 0.484 e. The van der Waals surface area contributed by atoms with Crippen LogP contribution in [0.15, 0.2) is 0 Å². The molecule has 0 heterocycles. The summed E-state index contributed by atoms with van der Waals surface area (Å²) in [6, 6.07) is 0. The van der Waals surface area contributed by atoms with Crippen LogP contribution in [0.5, 0.6) is 0 Å². The Morgan fingerprint density at radius 3 is 1.61 bits per heavy atom. The number of hydrogen-bond donors (Lipinski definition) is 0. The van der Waals surface area contributed by atoms with Crippen LogP contribution in [0.2, 0.25) is 0 Å². The van der Waals surface area contributed by atoms with Crippen LogP contribution in [0.3, 0.4) is 0 Å². The van der Waals surface area contributed by atoms with Crippen molar-refractivity contribution in [2.24, 2.45) is 0 Å². The van der Waals surface area contributed by atoms with E-state index in [9.17, 15) is 0 Å². The largest absolute Gasteiger partial charge is 0.484 e. The molecule has 0 aliphatic heterocycles. The van der Waals surface area contributed by atoms with E-state index in [1.807, 2.05) is 41.5 Å². The lowest BCUT2D eigenvalue weighted by atomic mass is 10.1. The molecule has 5 nitrogen and oxygen atoms in total. The van der Waals surface area contributed by atoms with Gasteiger partial charge < -0.3 is 22.8 Å². The average Bonchev–Trinajstić information content (AvgIpc) is 2.29. The van der Waals surface area contributed by atoms with Crippen LogP contribution < -0.4 is 0 Å². The average molecular weight is 280 g/mol. The number of rotatable bonds is 11. The zero-order chi connectivity index (χ0) is 14.0. The Balaban J connectivity index is 4.52. The molecular formula is C12H28O5Si. The molecular weight excluding hydrogens is 252 g/mol. The van der Waals surface area contributed by atoms with Crippen molar-refractivity contribution in [3.63, 3.8) is 0 Å². The van der Waals surface area contributed by atoms with Crippen molar-refractivity contribution < 1.29 is 22.8 Å². The maximum absolute atomic E-state index is 5.93. The fraction of sp³-hybridized carbons (Fsp3) is 1.00. The lowest BCUT2D eigenvalue weighted by Crippen LogP contribution is -2.48. The molecule has 0 saturated carbocycles. The first-order valence-electron chi connectivity index (χ1n) is 6.65. The summed E-state index contributed by atoms with van der Waals surface area (Å²) in [4.78, 5) is 0. The maximum atomic E-state index is 5.93. The summed E-state index contributed by atoms with van der Waals surface area (Å²) in [5, 5.41) is 0. The van der Waals surface area contributed by atoms with Gasteiger partial charge in [-0.05, 0) is 41.5 Å². The van der Waals surface area contributed by atoms with Gasteiger partial charge in [0, 0.05) is 26.4 Å². The van der Waals surface area contributed by atoms with Gasteiger partial charge in [-0.2, -0.15) is 0 Å². The van der Waals surface area contributed by atoms with E-state index in [0.29, 0.717) is 26.4 Å². The zero-order valence-corrected chi connectivity index (χ0v) is 13.7. The second-order valence-corrected chi connectivity index (χ2v) is 5.64. The Labute approximate surface area is 113 Å². The van der Waals surface area contributed by atoms with Crippen molar-refractivity contribution in [1.82, 2.24) is 0 Å². The molecule has 0 aliphatic carbocycles. The van der Waals surface area contributed by atoms with Gasteiger partial charge in [-0.3, -0.25) is 0 Å². The second kappa shape index (κ2) is 9.88. The molecule has 6 heteroatoms. The molecule has 0 radical (unpaired) electrons. The highest BCUT2D eigenvalue weighted by Gasteiger charge is 2.36. The van der Waals surface area contributed by atoms with E-state index in [1.165, 1.54) is 0 Å². The normalized spacial score (nSPS) is 12.7. The van der Waals surface area contributed by atoms with Crippen molar-refractivity contribution in [3.05, 3.63) is 0 Å². The lowest BCUT2D eigenvalue weighted by Gasteiger charge is -2.35. The minimum atomic E-state index is -2.12. The standard InChI is InChI=1S/C12H28O5Si/c1-7-13-11(14-8-2)12(5,6)17-18(15-9-3)16-10-4/h11,18H,7-10H2,1-6H3. The highest BCUT2D eigenvalue weighted by atomic mass is 28.3. The molecule has 0 aromatic carbocycles. The van der Waals surface area contributed by atoms with E-state index in [0.717, 1.165) is 0 Å². The fourth-order valence-corrected chi connectivity index (χ4v) is 2.83. The van der Waals surface area contributed by atoms with Gasteiger partial charge in [0.15, 0.2) is 6.29 Å². The van der Waals surface area contributed by atoms with Crippen LogP contribution in [0.1, 0.15) is 41.5 Å². The number of hydrogen-bond acceptors (Lipinski definition) is 5. The van der Waals surface area contributed by atoms with E-state index >= 15 is 0 Å². The highest BCUT2D eigenvalue weighted by molar-refractivity contribution is 6.36. The number of ether oxygens (including phenoxy) is 2. The molecule has 0 aromatic rings. The molecule has 0 bridgehead atoms. The Bertz CT molecular complexity index is 189. The topological polar surface area (TPSA) is 46.2 Å². The van der Waals surface area contributed by atoms with E-state index in [4.69, 9.17) is 22.8 Å². The third-order valence-corrected chi connectivity index (χ3v) is 4.22. The first-order chi connectivity index (χ1) is 8.51. The summed E-state index contributed by atoms with van der Waals surface area (Å²) in [6.45, 7) is 13.9. The SMILES string of the molecule is CCOC(OCC)C(C)(C)O[SiH](OCC)OCC. The van der Waals surface area contributed by atoms with Crippen LogP contribution in [0.25, 0.3) is 0 Å². The zero-order valence-electron chi connectivity index (χ0n) is 12.5. The van der Waals surface area contributed by atoms with Crippen molar-refractivity contribution >= 4 is 9.53 Å². The summed E-state index contributed by atoms with van der Waals surface area (Å²) in [5.74, 6) is 0. The molecule has 110 valence electrons. The summed E-state index contributed by atoms with van der Waals surface area (Å²) >= 11 is 0. The monoisotopic (exact) mass is 280 g/mol. The predicted octanol–water partition coefficient (Wildman–Crippen LogP) is 1.97. The van der Waals surface area contributed by atoms with Gasteiger partial charge in [0.25, 0.3) is 0 Å². The van der Waals surface area contributed by atoms with E-state index in [1.54, 1.807) is 0 Å². The Hall–Kier alpha value is 0.0169. The van der Waals surface area contributed by atoms with Crippen LogP contribution in [-0.2, 0) is 22.8 Å². The highest BCUT2D eigenvalue weighted by Crippen LogP contribution is 2.21. The van der Waals surface area contributed by atoms with Gasteiger partial charge in [-0.25, -0.2) is 0 Å². The summed E-state index contributed by atoms with van der Waals surface area (Å²) < 4.78 is 28.1. The Morgan fingerprint density at radius 2 is 1.28 bits per heavy atom. The van der Waals surface area contributed by atoms with Crippen LogP contribution in [0.4, 0.5) is 0 Å². The third kappa shape index (κ3) is 6.82. The third-order valence-electron chi connectivity index (χ3n) is 2.21. The van der Waals surface area contributed by atoms with Crippen molar-refractivity contribution in [2.75, 3.05) is 26.4 Å². The van der Waals surface area contributed by atoms with Gasteiger partial charge in [0.2, 0.25) is 0 Å². The van der Waals surface area contributed by atoms with Gasteiger partial charge in [-0.1, -0.05) is 0 Å². The molecule has 0 aromatic heterocycles. The summed E-state index contributed by atoms with van der Waals surface area (Å²) in [6.07, 6.45) is -0.414. The predicted molar refractivity (Wildman–Crippen MR) is 72.6 cm³/mol. The molecule has 0 spiro atoms. The minimum absolute atomic E-state index is 0.414. The first-order valence-corrected chi connectivity index (χ1v) is 8.07. The molecule has 0 unspecified atom stereocenters. The molecule has 0 aliphatic rings. The summed E-state index contributed by atoms with van der Waals surface area (Å²) in [7, 11) is -2.12. The van der Waals surface area contributed by atoms with Gasteiger partial charge in [0.1, 0.15) is 5.60 Å². The van der Waals surface area contributed by atoms with Crippen LogP contribution >= 0.6 is 0 Å². The van der Waals surface area contributed by atoms with Gasteiger partial charge in [-0.15, -0.1) is 0 Å². The van der Waals surface area contributed by atoms with E-state index in [2.05, 4.69) is 0 Å². The molecule has 0 rings (SSSR count). The molecule has 0 amide bonds. The van der Waals surface area contributed by atoms with Crippen LogP contribution in [0, 0.1) is 0 Å². The van der Waals surface area contributed by atoms with Gasteiger partial charge >= 0.3 is 9.53 Å². The van der Waals surface area contributed by atoms with E-state index < -0.39 is 21.4 Å². The molecule has 0 atom stereocenters. The Kier molecular flexibility index (Phi) is 9.89. The molecule has 0 N–H and O–H groups in total. The Morgan fingerprint density at radius 1 is 0.833 bits per heavy atom. The fourth-order valence-electron chi connectivity index (χ4n) is 1.44. The van der Waals surface area contributed by atoms with Crippen molar-refractivity contribution in [2.45, 2.75) is 53.4 Å². The van der Waals surface area contributed by atoms with Crippen LogP contribution in [-0.4, -0.2) is 47.8 Å². The summed E-state index contributed by atoms with van der Waals surface area (Å²) in [5.41, 5.74) is -0.590. The van der Waals surface area contributed by atoms with Crippen molar-refractivity contribution in [3.8, 4) is 0 Å². The quantitative estimate of drug-likeness (QED) is 0.428. The van der Waals surface area contributed by atoms with Crippen molar-refractivity contribution in [1.29, 1.82) is 0 Å². The molecule has 18 heavy (non-hydrogen) atoms. The second-order valence-electron chi connectivity index (χ2n) is 4.16. The molecule has 0 fully saturated rings. The first kappa shape index (κ1) is 18.0. The minimum Gasteiger partial charge on any atom is -0.376 e. The molecule has 0 saturated heterocycles. The van der Waals surface area contributed by atoms with E-state index in [-0.39, 0.29) is 0 Å². The van der Waals surface area contributed by atoms with Gasteiger partial charge in [0.05, 0.1) is 0 Å².